The zero-order valence-corrected chi connectivity index (χ0v) is 43.5. The number of halogens is 5. The Morgan fingerprint density at radius 3 is 0.922 bits per heavy atom. The van der Waals surface area contributed by atoms with Crippen molar-refractivity contribution in [3.05, 3.63) is 105 Å². The second kappa shape index (κ2) is 30.8. The van der Waals surface area contributed by atoms with Crippen molar-refractivity contribution >= 4 is 53.7 Å². The maximum Gasteiger partial charge on any atom is 1.00 e. The Kier molecular flexibility index (Phi) is 35.9. The molecule has 51 heavy (non-hydrogen) atoms. The molecule has 0 saturated heterocycles. The van der Waals surface area contributed by atoms with E-state index in [1.54, 1.807) is 0 Å². The first-order valence-electron chi connectivity index (χ1n) is 17.3. The SMILES string of the molecule is CC1=CC(C)c2ccccc21.CC1=CC(C)c2ccccc21.CC1CC(C)C(C)C1C.CC1CC(C)C(C)C1C.[CH3-].[CH3-].[CH3-].[Cl][Zr+2][Cl].[Cl][Zr]([Cl])[Cl].[H-].[Li+]. The van der Waals surface area contributed by atoms with Crippen molar-refractivity contribution in [3.63, 3.8) is 0 Å². The standard InChI is InChI=1S/2C11H12.2C9H18.3CH3.5ClH.Li.2Zr.H/c2*1-8-7-9(2)11-6-4-3-5-10(8)11;2*1-6-5-7(2)9(4)8(6)3;;;;;;;;;;;;/h2*3-8H,1-2H3;2*6-9H,5H2,1-4H3;3*1H3;5*1H;;;;/q;;;;3*-1;;;;;;+1;+3;+4;-1/p-5. The van der Waals surface area contributed by atoms with Gasteiger partial charge in [-0.3, -0.25) is 0 Å². The van der Waals surface area contributed by atoms with Crippen molar-refractivity contribution in [2.45, 2.75) is 108 Å². The third kappa shape index (κ3) is 20.1. The largest absolute Gasteiger partial charge is 1.00 e. The molecular formula is C43H70Cl5LiZr2-. The van der Waals surface area contributed by atoms with Gasteiger partial charge < -0.3 is 23.7 Å². The average Bonchev–Trinajstić information content (AvgIpc) is 3.64. The van der Waals surface area contributed by atoms with E-state index in [-0.39, 0.29) is 42.6 Å². The summed E-state index contributed by atoms with van der Waals surface area (Å²) >= 11 is -2.95. The summed E-state index contributed by atoms with van der Waals surface area (Å²) in [7, 11) is 24.9. The van der Waals surface area contributed by atoms with Gasteiger partial charge in [-0.15, -0.1) is 0 Å². The van der Waals surface area contributed by atoms with Crippen LogP contribution in [-0.4, -0.2) is 0 Å². The molecule has 2 aromatic carbocycles. The van der Waals surface area contributed by atoms with Crippen LogP contribution < -0.4 is 18.9 Å². The molecule has 6 rings (SSSR count). The molecule has 0 radical (unpaired) electrons. The zero-order valence-electron chi connectivity index (χ0n) is 35.9. The van der Waals surface area contributed by atoms with Crippen molar-refractivity contribution in [2.24, 2.45) is 47.3 Å². The number of benzene rings is 2. The van der Waals surface area contributed by atoms with Gasteiger partial charge in [0.2, 0.25) is 0 Å². The molecule has 0 nitrogen and oxygen atoms in total. The van der Waals surface area contributed by atoms with E-state index in [1.807, 2.05) is 0 Å². The minimum Gasteiger partial charge on any atom is -1.00 e. The topological polar surface area (TPSA) is 0 Å². The molecule has 287 valence electrons. The smallest absolute Gasteiger partial charge is 1.00 e. The molecule has 0 N–H and O–H groups in total. The first-order valence-corrected chi connectivity index (χ1v) is 33.2. The van der Waals surface area contributed by atoms with E-state index in [4.69, 9.17) is 42.6 Å². The van der Waals surface area contributed by atoms with E-state index in [1.165, 1.54) is 46.2 Å². The molecule has 0 aromatic heterocycles. The van der Waals surface area contributed by atoms with E-state index in [0.29, 0.717) is 11.8 Å². The van der Waals surface area contributed by atoms with Gasteiger partial charge in [-0.1, -0.05) is 130 Å². The van der Waals surface area contributed by atoms with E-state index in [9.17, 15) is 0 Å². The summed E-state index contributed by atoms with van der Waals surface area (Å²) in [5.74, 6) is 8.94. The van der Waals surface area contributed by atoms with Crippen molar-refractivity contribution < 1.29 is 59.3 Å². The first kappa shape index (κ1) is 59.4. The van der Waals surface area contributed by atoms with Crippen LogP contribution in [0.25, 0.3) is 11.1 Å². The zero-order chi connectivity index (χ0) is 36.0. The van der Waals surface area contributed by atoms with Crippen molar-refractivity contribution in [1.29, 1.82) is 0 Å². The van der Waals surface area contributed by atoms with Crippen LogP contribution in [0.15, 0.2) is 60.7 Å². The predicted octanol–water partition coefficient (Wildman–Crippen LogP) is 14.2. The van der Waals surface area contributed by atoms with Crippen molar-refractivity contribution in [3.8, 4) is 0 Å². The summed E-state index contributed by atoms with van der Waals surface area (Å²) in [5.41, 5.74) is 8.66. The molecular weight excluding hydrogens is 883 g/mol. The molecule has 0 bridgehead atoms. The normalized spacial score (nSPS) is 28.3. The van der Waals surface area contributed by atoms with Gasteiger partial charge in [0.25, 0.3) is 0 Å². The molecule has 0 heterocycles. The van der Waals surface area contributed by atoms with Gasteiger partial charge in [-0.2, -0.15) is 0 Å². The number of rotatable bonds is 0. The molecule has 2 aromatic rings. The van der Waals surface area contributed by atoms with Gasteiger partial charge in [0.05, 0.1) is 0 Å². The minimum atomic E-state index is -2.13. The molecule has 4 aliphatic carbocycles. The van der Waals surface area contributed by atoms with Gasteiger partial charge >= 0.3 is 100 Å². The van der Waals surface area contributed by atoms with Gasteiger partial charge in [0, 0.05) is 11.8 Å². The third-order valence-corrected chi connectivity index (χ3v) is 11.5. The number of hydrogen-bond acceptors (Lipinski definition) is 0. The van der Waals surface area contributed by atoms with Crippen LogP contribution in [0.4, 0.5) is 0 Å². The van der Waals surface area contributed by atoms with E-state index in [2.05, 4.69) is 144 Å². The fraction of sp³-hybridized carbons (Fsp3) is 0.558. The first-order chi connectivity index (χ1) is 22.0. The second-order valence-electron chi connectivity index (χ2n) is 14.6. The van der Waals surface area contributed by atoms with E-state index < -0.39 is 39.0 Å². The van der Waals surface area contributed by atoms with Crippen LogP contribution in [0.5, 0.6) is 0 Å². The molecule has 0 amide bonds. The Labute approximate surface area is 369 Å². The Morgan fingerprint density at radius 1 is 0.529 bits per heavy atom. The summed E-state index contributed by atoms with van der Waals surface area (Å²) in [6, 6.07) is 17.3. The maximum atomic E-state index is 5.00. The summed E-state index contributed by atoms with van der Waals surface area (Å²) in [6.45, 7) is 27.9. The summed E-state index contributed by atoms with van der Waals surface area (Å²) in [4.78, 5) is 0. The summed E-state index contributed by atoms with van der Waals surface area (Å²) in [6.07, 6.45) is 7.54. The molecule has 0 aliphatic heterocycles. The van der Waals surface area contributed by atoms with Gasteiger partial charge in [-0.25, -0.2) is 0 Å². The minimum absolute atomic E-state index is 0. The Balaban J connectivity index is -0.000000173. The van der Waals surface area contributed by atoms with Crippen LogP contribution >= 0.6 is 42.6 Å². The van der Waals surface area contributed by atoms with Crippen LogP contribution in [0.2, 0.25) is 0 Å². The molecule has 8 heteroatoms. The third-order valence-electron chi connectivity index (χ3n) is 11.5. The molecule has 2 saturated carbocycles. The van der Waals surface area contributed by atoms with E-state index >= 15 is 0 Å². The molecule has 4 aliphatic rings. The fourth-order valence-corrected chi connectivity index (χ4v) is 7.72. The Hall–Kier alpha value is 1.73. The molecule has 10 unspecified atom stereocenters. The van der Waals surface area contributed by atoms with Gasteiger partial charge in [0.1, 0.15) is 0 Å². The van der Waals surface area contributed by atoms with Crippen LogP contribution in [0.3, 0.4) is 0 Å². The summed E-state index contributed by atoms with van der Waals surface area (Å²) < 4.78 is 0. The predicted molar refractivity (Wildman–Crippen MR) is 229 cm³/mol. The van der Waals surface area contributed by atoms with Crippen molar-refractivity contribution in [2.75, 3.05) is 0 Å². The van der Waals surface area contributed by atoms with Crippen LogP contribution in [0, 0.1) is 69.6 Å². The number of fused-ring (bicyclic) bond motifs is 2. The second-order valence-corrected chi connectivity index (χ2v) is 29.5. The van der Waals surface area contributed by atoms with Gasteiger partial charge in [-0.05, 0) is 107 Å². The maximum absolute atomic E-state index is 5.00. The quantitative estimate of drug-likeness (QED) is 0.182. The number of allylic oxidation sites excluding steroid dienone is 4. The van der Waals surface area contributed by atoms with Crippen LogP contribution in [0.1, 0.15) is 131 Å². The number of hydrogen-bond donors (Lipinski definition) is 0. The molecule has 2 fully saturated rings. The van der Waals surface area contributed by atoms with Crippen LogP contribution in [-0.2, 0) is 39.0 Å². The van der Waals surface area contributed by atoms with Crippen molar-refractivity contribution in [1.82, 2.24) is 0 Å². The molecule has 10 atom stereocenters. The average molecular weight is 954 g/mol. The summed E-state index contributed by atoms with van der Waals surface area (Å²) in [5, 5.41) is 0. The van der Waals surface area contributed by atoms with E-state index in [0.717, 1.165) is 47.3 Å². The Bertz CT molecular complexity index is 1140. The fourth-order valence-electron chi connectivity index (χ4n) is 7.72. The van der Waals surface area contributed by atoms with Gasteiger partial charge in [0.15, 0.2) is 0 Å². The molecule has 0 spiro atoms. The Morgan fingerprint density at radius 2 is 0.745 bits per heavy atom. The monoisotopic (exact) mass is 948 g/mol.